The molecule has 0 saturated heterocycles. The van der Waals surface area contributed by atoms with Crippen LogP contribution in [0.1, 0.15) is 22.2 Å². The fraction of sp³-hybridized carbons (Fsp3) is 0.286. The zero-order valence-electron chi connectivity index (χ0n) is 9.87. The summed E-state index contributed by atoms with van der Waals surface area (Å²) in [5.74, 6) is 0.574. The van der Waals surface area contributed by atoms with Crippen LogP contribution in [0, 0.1) is 0 Å². The number of halogens is 1. The second-order valence-electron chi connectivity index (χ2n) is 3.91. The third-order valence-electron chi connectivity index (χ3n) is 2.64. The third kappa shape index (κ3) is 3.48. The number of aryl methyl sites for hydroxylation is 1. The summed E-state index contributed by atoms with van der Waals surface area (Å²) < 4.78 is 0. The Morgan fingerprint density at radius 3 is 2.35 bits per heavy atom. The molecule has 0 radical (unpaired) electrons. The van der Waals surface area contributed by atoms with E-state index < -0.39 is 0 Å². The first kappa shape index (κ1) is 12.5. The molecule has 1 aromatic heterocycles. The van der Waals surface area contributed by atoms with Crippen molar-refractivity contribution in [2.24, 2.45) is 0 Å². The van der Waals surface area contributed by atoms with Gasteiger partial charge >= 0.3 is 0 Å². The van der Waals surface area contributed by atoms with E-state index in [0.717, 1.165) is 24.2 Å². The fourth-order valence-electron chi connectivity index (χ4n) is 1.61. The summed E-state index contributed by atoms with van der Waals surface area (Å²) in [6, 6.07) is 12.7. The Morgan fingerprint density at radius 1 is 1.06 bits per heavy atom. The summed E-state index contributed by atoms with van der Waals surface area (Å²) in [5, 5.41) is 3.42. The van der Waals surface area contributed by atoms with Crippen LogP contribution >= 0.6 is 22.9 Å². The predicted octanol–water partition coefficient (Wildman–Crippen LogP) is 4.66. The summed E-state index contributed by atoms with van der Waals surface area (Å²) in [5.41, 5.74) is 2.30. The lowest BCUT2D eigenvalue weighted by atomic mass is 10.2. The summed E-state index contributed by atoms with van der Waals surface area (Å²) in [7, 11) is 0. The number of hydrogen-bond donors (Lipinski definition) is 1. The van der Waals surface area contributed by atoms with Crippen molar-refractivity contribution in [3.8, 4) is 0 Å². The van der Waals surface area contributed by atoms with E-state index in [1.54, 1.807) is 0 Å². The van der Waals surface area contributed by atoms with Crippen LogP contribution in [0.5, 0.6) is 0 Å². The highest BCUT2D eigenvalue weighted by atomic mass is 35.5. The van der Waals surface area contributed by atoms with Crippen molar-refractivity contribution in [1.29, 1.82) is 0 Å². The van der Waals surface area contributed by atoms with Crippen LogP contribution < -0.4 is 5.32 Å². The van der Waals surface area contributed by atoms with Gasteiger partial charge in [-0.15, -0.1) is 22.9 Å². The van der Waals surface area contributed by atoms with E-state index in [2.05, 4.69) is 48.6 Å². The van der Waals surface area contributed by atoms with Crippen LogP contribution in [-0.4, -0.2) is 0 Å². The lowest BCUT2D eigenvalue weighted by molar-refractivity contribution is 1.19. The van der Waals surface area contributed by atoms with Gasteiger partial charge in [0.15, 0.2) is 0 Å². The second-order valence-corrected chi connectivity index (χ2v) is 5.43. The highest BCUT2D eigenvalue weighted by Gasteiger charge is 1.98. The molecule has 90 valence electrons. The van der Waals surface area contributed by atoms with Gasteiger partial charge in [-0.3, -0.25) is 0 Å². The van der Waals surface area contributed by atoms with Crippen LogP contribution in [0.4, 0.5) is 5.69 Å². The normalized spacial score (nSPS) is 10.5. The van der Waals surface area contributed by atoms with Gasteiger partial charge in [0.05, 0.1) is 0 Å². The Morgan fingerprint density at radius 2 is 1.76 bits per heavy atom. The standard InChI is InChI=1S/C14H16ClNS/c1-2-13-7-8-14(17-13)10-16-12-5-3-11(9-15)4-6-12/h3-8,16H,2,9-10H2,1H3. The molecule has 1 heterocycles. The number of nitrogens with one attached hydrogen (secondary N) is 1. The molecule has 3 heteroatoms. The Balaban J connectivity index is 1.92. The molecule has 2 rings (SSSR count). The van der Waals surface area contributed by atoms with Gasteiger partial charge in [-0.25, -0.2) is 0 Å². The van der Waals surface area contributed by atoms with Crippen LogP contribution in [0.15, 0.2) is 36.4 Å². The van der Waals surface area contributed by atoms with Crippen LogP contribution in [0.2, 0.25) is 0 Å². The minimum absolute atomic E-state index is 0.574. The largest absolute Gasteiger partial charge is 0.380 e. The van der Waals surface area contributed by atoms with E-state index in [1.165, 1.54) is 9.75 Å². The number of hydrogen-bond acceptors (Lipinski definition) is 2. The molecule has 1 nitrogen and oxygen atoms in total. The molecular weight excluding hydrogens is 250 g/mol. The summed E-state index contributed by atoms with van der Waals surface area (Å²) >= 11 is 7.63. The number of anilines is 1. The number of benzene rings is 1. The van der Waals surface area contributed by atoms with Gasteiger partial charge in [-0.2, -0.15) is 0 Å². The zero-order valence-corrected chi connectivity index (χ0v) is 11.4. The lowest BCUT2D eigenvalue weighted by Crippen LogP contribution is -1.96. The van der Waals surface area contributed by atoms with Crippen molar-refractivity contribution in [2.45, 2.75) is 25.8 Å². The van der Waals surface area contributed by atoms with Crippen molar-refractivity contribution >= 4 is 28.6 Å². The molecule has 0 bridgehead atoms. The molecule has 0 saturated carbocycles. The molecule has 0 amide bonds. The molecule has 0 unspecified atom stereocenters. The topological polar surface area (TPSA) is 12.0 Å². The SMILES string of the molecule is CCc1ccc(CNc2ccc(CCl)cc2)s1. The average molecular weight is 266 g/mol. The van der Waals surface area contributed by atoms with Crippen molar-refractivity contribution in [2.75, 3.05) is 5.32 Å². The van der Waals surface area contributed by atoms with E-state index in [1.807, 2.05) is 11.3 Å². The second kappa shape index (κ2) is 6.08. The fourth-order valence-corrected chi connectivity index (χ4v) is 2.68. The van der Waals surface area contributed by atoms with Crippen molar-refractivity contribution in [3.05, 3.63) is 51.7 Å². The van der Waals surface area contributed by atoms with Gasteiger partial charge in [0.1, 0.15) is 0 Å². The molecule has 17 heavy (non-hydrogen) atoms. The van der Waals surface area contributed by atoms with Crippen molar-refractivity contribution in [3.63, 3.8) is 0 Å². The van der Waals surface area contributed by atoms with E-state index >= 15 is 0 Å². The van der Waals surface area contributed by atoms with E-state index in [4.69, 9.17) is 11.6 Å². The summed E-state index contributed by atoms with van der Waals surface area (Å²) in [6.07, 6.45) is 1.12. The first-order valence-corrected chi connectivity index (χ1v) is 7.13. The maximum atomic E-state index is 5.75. The first-order chi connectivity index (χ1) is 8.31. The maximum Gasteiger partial charge on any atom is 0.0494 e. The number of rotatable bonds is 5. The predicted molar refractivity (Wildman–Crippen MR) is 77.0 cm³/mol. The van der Waals surface area contributed by atoms with Crippen LogP contribution in [-0.2, 0) is 18.8 Å². The molecule has 0 aliphatic carbocycles. The van der Waals surface area contributed by atoms with Gasteiger partial charge in [0.2, 0.25) is 0 Å². The third-order valence-corrected chi connectivity index (χ3v) is 4.18. The van der Waals surface area contributed by atoms with Crippen LogP contribution in [0.3, 0.4) is 0 Å². The summed E-state index contributed by atoms with van der Waals surface area (Å²) in [6.45, 7) is 3.08. The molecule has 1 aromatic carbocycles. The molecule has 0 fully saturated rings. The maximum absolute atomic E-state index is 5.75. The molecule has 0 spiro atoms. The molecule has 1 N–H and O–H groups in total. The average Bonchev–Trinajstić information content (AvgIpc) is 2.85. The van der Waals surface area contributed by atoms with Gasteiger partial charge in [0, 0.05) is 27.9 Å². The summed E-state index contributed by atoms with van der Waals surface area (Å²) in [4.78, 5) is 2.82. The Labute approximate surface area is 111 Å². The Hall–Kier alpha value is -0.990. The minimum Gasteiger partial charge on any atom is -0.380 e. The van der Waals surface area contributed by atoms with Crippen LogP contribution in [0.25, 0.3) is 0 Å². The first-order valence-electron chi connectivity index (χ1n) is 5.78. The molecule has 0 aliphatic rings. The Kier molecular flexibility index (Phi) is 4.46. The quantitative estimate of drug-likeness (QED) is 0.776. The highest BCUT2D eigenvalue weighted by molar-refractivity contribution is 7.12. The lowest BCUT2D eigenvalue weighted by Gasteiger charge is -2.05. The Bertz CT molecular complexity index is 461. The van der Waals surface area contributed by atoms with E-state index in [0.29, 0.717) is 5.88 Å². The van der Waals surface area contributed by atoms with Gasteiger partial charge in [0.25, 0.3) is 0 Å². The minimum atomic E-state index is 0.574. The van der Waals surface area contributed by atoms with E-state index in [9.17, 15) is 0 Å². The van der Waals surface area contributed by atoms with Gasteiger partial charge in [-0.1, -0.05) is 19.1 Å². The monoisotopic (exact) mass is 265 g/mol. The highest BCUT2D eigenvalue weighted by Crippen LogP contribution is 2.19. The van der Waals surface area contributed by atoms with Crippen molar-refractivity contribution in [1.82, 2.24) is 0 Å². The smallest absolute Gasteiger partial charge is 0.0494 e. The molecular formula is C14H16ClNS. The molecule has 2 aromatic rings. The van der Waals surface area contributed by atoms with E-state index in [-0.39, 0.29) is 0 Å². The zero-order chi connectivity index (χ0) is 12.1. The molecule has 0 atom stereocenters. The number of alkyl halides is 1. The van der Waals surface area contributed by atoms with Gasteiger partial charge < -0.3 is 5.32 Å². The molecule has 0 aliphatic heterocycles. The van der Waals surface area contributed by atoms with Gasteiger partial charge in [-0.05, 0) is 36.2 Å². The van der Waals surface area contributed by atoms with Crippen molar-refractivity contribution < 1.29 is 0 Å². The number of thiophene rings is 1.